The molecular weight excluding hydrogens is 474 g/mol. The van der Waals surface area contributed by atoms with Gasteiger partial charge in [0.25, 0.3) is 11.7 Å². The van der Waals surface area contributed by atoms with E-state index in [2.05, 4.69) is 10.3 Å². The highest BCUT2D eigenvalue weighted by atomic mass is 16.5. The number of amides is 2. The first-order valence-corrected chi connectivity index (χ1v) is 11.8. The van der Waals surface area contributed by atoms with Crippen LogP contribution in [0, 0.1) is 0 Å². The van der Waals surface area contributed by atoms with Gasteiger partial charge in [-0.1, -0.05) is 6.07 Å². The fourth-order valence-electron chi connectivity index (χ4n) is 4.27. The topological polar surface area (TPSA) is 118 Å². The smallest absolute Gasteiger partial charge is 0.300 e. The SMILES string of the molecule is CCOc1ccc(/C(O)=C2/C(=O)C(=O)N(c3cccc(NC(C)=O)c3)C2c2ccncc2)c(OCC)c1. The molecule has 0 bridgehead atoms. The van der Waals surface area contributed by atoms with Crippen LogP contribution in [0.2, 0.25) is 0 Å². The standard InChI is InChI=1S/C28H27N3O6/c1-4-36-21-9-10-22(23(16-21)37-5-2)26(33)24-25(18-11-13-29-14-12-18)31(28(35)27(24)34)20-8-6-7-19(15-20)30-17(3)32/h6-16,25,33H,4-5H2,1-3H3,(H,30,32)/b26-24-. The number of benzene rings is 2. The number of aliphatic hydroxyl groups is 1. The average Bonchev–Trinajstić information content (AvgIpc) is 3.15. The molecule has 2 aromatic carbocycles. The molecule has 37 heavy (non-hydrogen) atoms. The van der Waals surface area contributed by atoms with Crippen molar-refractivity contribution < 1.29 is 29.0 Å². The molecular formula is C28H27N3O6. The van der Waals surface area contributed by atoms with Crippen LogP contribution in [0.4, 0.5) is 11.4 Å². The van der Waals surface area contributed by atoms with E-state index >= 15 is 0 Å². The summed E-state index contributed by atoms with van der Waals surface area (Å²) in [5.41, 5.74) is 1.58. The Morgan fingerprint density at radius 2 is 1.76 bits per heavy atom. The van der Waals surface area contributed by atoms with Crippen molar-refractivity contribution in [2.24, 2.45) is 0 Å². The predicted octanol–water partition coefficient (Wildman–Crippen LogP) is 4.46. The molecule has 1 unspecified atom stereocenters. The molecule has 0 radical (unpaired) electrons. The number of Topliss-reactive ketones (excluding diaryl/α,β-unsaturated/α-hetero) is 1. The highest BCUT2D eigenvalue weighted by Gasteiger charge is 2.47. The van der Waals surface area contributed by atoms with Gasteiger partial charge in [-0.15, -0.1) is 0 Å². The fourth-order valence-corrected chi connectivity index (χ4v) is 4.27. The molecule has 9 heteroatoms. The lowest BCUT2D eigenvalue weighted by molar-refractivity contribution is -0.132. The molecule has 1 saturated heterocycles. The Kier molecular flexibility index (Phi) is 7.52. The number of aromatic nitrogens is 1. The zero-order valence-electron chi connectivity index (χ0n) is 20.7. The number of nitrogens with zero attached hydrogens (tertiary/aromatic N) is 2. The number of hydrogen-bond acceptors (Lipinski definition) is 7. The van der Waals surface area contributed by atoms with E-state index in [-0.39, 0.29) is 22.8 Å². The average molecular weight is 502 g/mol. The summed E-state index contributed by atoms with van der Waals surface area (Å²) in [6, 6.07) is 13.9. The van der Waals surface area contributed by atoms with Crippen molar-refractivity contribution in [3.05, 3.63) is 83.7 Å². The molecule has 2 N–H and O–H groups in total. The Morgan fingerprint density at radius 1 is 1.03 bits per heavy atom. The van der Waals surface area contributed by atoms with Crippen molar-refractivity contribution in [3.8, 4) is 11.5 Å². The van der Waals surface area contributed by atoms with Gasteiger partial charge in [-0.25, -0.2) is 0 Å². The van der Waals surface area contributed by atoms with Crippen molar-refractivity contribution in [2.45, 2.75) is 26.8 Å². The van der Waals surface area contributed by atoms with Gasteiger partial charge < -0.3 is 19.9 Å². The molecule has 9 nitrogen and oxygen atoms in total. The van der Waals surface area contributed by atoms with E-state index in [0.717, 1.165) is 0 Å². The van der Waals surface area contributed by atoms with Gasteiger partial charge in [0.15, 0.2) is 0 Å². The van der Waals surface area contributed by atoms with Crippen LogP contribution in [0.5, 0.6) is 11.5 Å². The third kappa shape index (κ3) is 5.16. The lowest BCUT2D eigenvalue weighted by atomic mass is 9.95. The van der Waals surface area contributed by atoms with Gasteiger partial charge in [-0.3, -0.25) is 24.3 Å². The van der Waals surface area contributed by atoms with Crippen LogP contribution in [0.15, 0.2) is 72.6 Å². The summed E-state index contributed by atoms with van der Waals surface area (Å²) < 4.78 is 11.3. The predicted molar refractivity (Wildman–Crippen MR) is 139 cm³/mol. The molecule has 4 rings (SSSR count). The van der Waals surface area contributed by atoms with E-state index in [1.54, 1.807) is 73.9 Å². The van der Waals surface area contributed by atoms with Gasteiger partial charge in [0.1, 0.15) is 17.3 Å². The molecule has 0 saturated carbocycles. The molecule has 3 aromatic rings. The lowest BCUT2D eigenvalue weighted by Crippen LogP contribution is -2.29. The molecule has 1 fully saturated rings. The molecule has 1 aliphatic heterocycles. The lowest BCUT2D eigenvalue weighted by Gasteiger charge is -2.26. The minimum absolute atomic E-state index is 0.0914. The van der Waals surface area contributed by atoms with E-state index in [4.69, 9.17) is 9.47 Å². The molecule has 1 aliphatic rings. The number of aliphatic hydroxyl groups excluding tert-OH is 1. The minimum Gasteiger partial charge on any atom is -0.507 e. The zero-order chi connectivity index (χ0) is 26.5. The Labute approximate surface area is 214 Å². The second kappa shape index (κ2) is 10.9. The summed E-state index contributed by atoms with van der Waals surface area (Å²) in [7, 11) is 0. The third-order valence-corrected chi connectivity index (χ3v) is 5.73. The Morgan fingerprint density at radius 3 is 2.43 bits per heavy atom. The number of rotatable bonds is 8. The molecule has 190 valence electrons. The second-order valence-corrected chi connectivity index (χ2v) is 8.21. The molecule has 2 heterocycles. The second-order valence-electron chi connectivity index (χ2n) is 8.21. The zero-order valence-corrected chi connectivity index (χ0v) is 20.7. The number of nitrogens with one attached hydrogen (secondary N) is 1. The number of ketones is 1. The van der Waals surface area contributed by atoms with Crippen LogP contribution in [-0.2, 0) is 14.4 Å². The quantitative estimate of drug-likeness (QED) is 0.266. The van der Waals surface area contributed by atoms with E-state index in [1.165, 1.54) is 11.8 Å². The van der Waals surface area contributed by atoms with Gasteiger partial charge in [0.2, 0.25) is 5.91 Å². The maximum Gasteiger partial charge on any atom is 0.300 e. The summed E-state index contributed by atoms with van der Waals surface area (Å²) in [6.45, 7) is 5.79. The van der Waals surface area contributed by atoms with Crippen LogP contribution in [0.25, 0.3) is 5.76 Å². The van der Waals surface area contributed by atoms with Crippen molar-refractivity contribution in [1.82, 2.24) is 4.98 Å². The molecule has 2 amide bonds. The summed E-state index contributed by atoms with van der Waals surface area (Å²) in [5.74, 6) is -1.44. The Hall–Kier alpha value is -4.66. The van der Waals surface area contributed by atoms with Crippen LogP contribution in [-0.4, -0.2) is 40.9 Å². The van der Waals surface area contributed by atoms with E-state index in [9.17, 15) is 19.5 Å². The monoisotopic (exact) mass is 501 g/mol. The summed E-state index contributed by atoms with van der Waals surface area (Å²) in [4.78, 5) is 43.8. The van der Waals surface area contributed by atoms with Crippen molar-refractivity contribution in [1.29, 1.82) is 0 Å². The highest BCUT2D eigenvalue weighted by Crippen LogP contribution is 2.44. The van der Waals surface area contributed by atoms with E-state index in [1.807, 2.05) is 6.92 Å². The van der Waals surface area contributed by atoms with Crippen LogP contribution >= 0.6 is 0 Å². The van der Waals surface area contributed by atoms with E-state index < -0.39 is 17.7 Å². The normalized spacial score (nSPS) is 16.5. The van der Waals surface area contributed by atoms with Crippen molar-refractivity contribution >= 4 is 34.7 Å². The number of carbonyl (C=O) groups is 3. The summed E-state index contributed by atoms with van der Waals surface area (Å²) in [6.07, 6.45) is 3.09. The number of anilines is 2. The third-order valence-electron chi connectivity index (χ3n) is 5.73. The van der Waals surface area contributed by atoms with Crippen LogP contribution in [0.1, 0.15) is 37.9 Å². The molecule has 0 aliphatic carbocycles. The Bertz CT molecular complexity index is 1370. The van der Waals surface area contributed by atoms with Gasteiger partial charge in [-0.2, -0.15) is 0 Å². The first kappa shape index (κ1) is 25.4. The number of hydrogen-bond donors (Lipinski definition) is 2. The van der Waals surface area contributed by atoms with Gasteiger partial charge in [0.05, 0.1) is 30.4 Å². The van der Waals surface area contributed by atoms with Gasteiger partial charge in [-0.05, 0) is 61.9 Å². The summed E-state index contributed by atoms with van der Waals surface area (Å²) in [5, 5.41) is 14.2. The van der Waals surface area contributed by atoms with E-state index in [0.29, 0.717) is 41.7 Å². The van der Waals surface area contributed by atoms with Crippen molar-refractivity contribution in [3.63, 3.8) is 0 Å². The van der Waals surface area contributed by atoms with Gasteiger partial charge >= 0.3 is 0 Å². The largest absolute Gasteiger partial charge is 0.507 e. The highest BCUT2D eigenvalue weighted by molar-refractivity contribution is 6.51. The Balaban J connectivity index is 1.91. The first-order chi connectivity index (χ1) is 17.8. The minimum atomic E-state index is -0.948. The fraction of sp³-hybridized carbons (Fsp3) is 0.214. The van der Waals surface area contributed by atoms with Gasteiger partial charge in [0, 0.05) is 36.8 Å². The molecule has 1 atom stereocenters. The van der Waals surface area contributed by atoms with Crippen molar-refractivity contribution in [2.75, 3.05) is 23.4 Å². The maximum atomic E-state index is 13.4. The summed E-state index contributed by atoms with van der Waals surface area (Å²) >= 11 is 0. The number of carbonyl (C=O) groups excluding carboxylic acids is 3. The van der Waals surface area contributed by atoms with Crippen LogP contribution in [0.3, 0.4) is 0 Å². The first-order valence-electron chi connectivity index (χ1n) is 11.8. The molecule has 0 spiro atoms. The van der Waals surface area contributed by atoms with Crippen LogP contribution < -0.4 is 19.7 Å². The number of ether oxygens (including phenoxy) is 2. The maximum absolute atomic E-state index is 13.4. The number of pyridine rings is 1. The molecule has 1 aromatic heterocycles.